The Morgan fingerprint density at radius 3 is 2.19 bits per heavy atom. The van der Waals surface area contributed by atoms with E-state index in [4.69, 9.17) is 0 Å². The Morgan fingerprint density at radius 2 is 1.71 bits per heavy atom. The quantitative estimate of drug-likeness (QED) is 0.802. The Bertz CT molecular complexity index is 534. The zero-order chi connectivity index (χ0) is 16.1. The normalized spacial score (nSPS) is 12.9. The summed E-state index contributed by atoms with van der Waals surface area (Å²) in [6.07, 6.45) is 2.03. The topological polar surface area (TPSA) is 49.4 Å². The molecule has 0 saturated heterocycles. The van der Waals surface area contributed by atoms with E-state index in [1.807, 2.05) is 26.2 Å². The molecule has 0 aromatic heterocycles. The molecule has 21 heavy (non-hydrogen) atoms. The minimum absolute atomic E-state index is 0.112. The van der Waals surface area contributed by atoms with Crippen molar-refractivity contribution >= 4 is 10.0 Å². The van der Waals surface area contributed by atoms with Crippen molar-refractivity contribution in [1.29, 1.82) is 0 Å². The van der Waals surface area contributed by atoms with E-state index in [0.29, 0.717) is 11.4 Å². The molecule has 5 heteroatoms. The number of aryl methyl sites for hydroxylation is 1. The molecule has 1 aromatic carbocycles. The summed E-state index contributed by atoms with van der Waals surface area (Å²) in [6, 6.07) is 7.16. The van der Waals surface area contributed by atoms with Crippen LogP contribution in [-0.2, 0) is 16.4 Å². The lowest BCUT2D eigenvalue weighted by atomic mass is 9.93. The summed E-state index contributed by atoms with van der Waals surface area (Å²) in [4.78, 5) is 2.40. The number of rotatable bonds is 8. The van der Waals surface area contributed by atoms with Gasteiger partial charge in [0.2, 0.25) is 10.0 Å². The lowest BCUT2D eigenvalue weighted by molar-refractivity contribution is 0.242. The molecule has 0 unspecified atom stereocenters. The van der Waals surface area contributed by atoms with Crippen molar-refractivity contribution in [3.05, 3.63) is 29.8 Å². The van der Waals surface area contributed by atoms with E-state index in [1.165, 1.54) is 5.56 Å². The Morgan fingerprint density at radius 1 is 1.14 bits per heavy atom. The summed E-state index contributed by atoms with van der Waals surface area (Å²) < 4.78 is 27.3. The monoisotopic (exact) mass is 312 g/mol. The van der Waals surface area contributed by atoms with Crippen LogP contribution in [0.25, 0.3) is 0 Å². The smallest absolute Gasteiger partial charge is 0.240 e. The second-order valence-corrected chi connectivity index (χ2v) is 8.39. The maximum absolute atomic E-state index is 12.3. The molecular weight excluding hydrogens is 284 g/mol. The summed E-state index contributed by atoms with van der Waals surface area (Å²) in [6.45, 7) is 7.47. The number of nitrogens with zero attached hydrogens (tertiary/aromatic N) is 1. The first-order chi connectivity index (χ1) is 9.66. The van der Waals surface area contributed by atoms with Crippen molar-refractivity contribution in [3.8, 4) is 0 Å². The van der Waals surface area contributed by atoms with Crippen LogP contribution >= 0.6 is 0 Å². The molecule has 0 saturated carbocycles. The first kappa shape index (κ1) is 18.1. The highest BCUT2D eigenvalue weighted by atomic mass is 32.2. The fraction of sp³-hybridized carbons (Fsp3) is 0.625. The highest BCUT2D eigenvalue weighted by molar-refractivity contribution is 7.89. The largest absolute Gasteiger partial charge is 0.309 e. The van der Waals surface area contributed by atoms with Crippen LogP contribution in [-0.4, -0.2) is 40.5 Å². The highest BCUT2D eigenvalue weighted by Crippen LogP contribution is 2.17. The van der Waals surface area contributed by atoms with Gasteiger partial charge in [0.1, 0.15) is 0 Å². The van der Waals surface area contributed by atoms with E-state index in [9.17, 15) is 8.42 Å². The minimum Gasteiger partial charge on any atom is -0.309 e. The molecule has 0 aliphatic carbocycles. The van der Waals surface area contributed by atoms with Crippen molar-refractivity contribution in [3.63, 3.8) is 0 Å². The van der Waals surface area contributed by atoms with Gasteiger partial charge in [0.25, 0.3) is 0 Å². The third-order valence-corrected chi connectivity index (χ3v) is 4.67. The van der Waals surface area contributed by atoms with E-state index in [-0.39, 0.29) is 5.41 Å². The first-order valence-corrected chi connectivity index (χ1v) is 8.88. The molecule has 0 amide bonds. The Kier molecular flexibility index (Phi) is 6.38. The molecular formula is C16H28N2O2S. The summed E-state index contributed by atoms with van der Waals surface area (Å²) in [5.74, 6) is 0. The van der Waals surface area contributed by atoms with Crippen molar-refractivity contribution < 1.29 is 8.42 Å². The summed E-state index contributed by atoms with van der Waals surface area (Å²) in [5, 5.41) is 0. The fourth-order valence-electron chi connectivity index (χ4n) is 2.41. The van der Waals surface area contributed by atoms with Crippen LogP contribution in [0.2, 0.25) is 0 Å². The van der Waals surface area contributed by atoms with Crippen LogP contribution in [0.5, 0.6) is 0 Å². The molecule has 0 radical (unpaired) electrons. The fourth-order valence-corrected chi connectivity index (χ4v) is 3.65. The molecule has 1 N–H and O–H groups in total. The maximum Gasteiger partial charge on any atom is 0.240 e. The molecule has 4 nitrogen and oxygen atoms in total. The van der Waals surface area contributed by atoms with Gasteiger partial charge < -0.3 is 4.90 Å². The van der Waals surface area contributed by atoms with Gasteiger partial charge in [0, 0.05) is 13.1 Å². The van der Waals surface area contributed by atoms with Gasteiger partial charge in [0.05, 0.1) is 4.90 Å². The van der Waals surface area contributed by atoms with E-state index in [1.54, 1.807) is 12.1 Å². The van der Waals surface area contributed by atoms with Gasteiger partial charge in [-0.2, -0.15) is 0 Å². The van der Waals surface area contributed by atoms with E-state index in [0.717, 1.165) is 19.4 Å². The van der Waals surface area contributed by atoms with Gasteiger partial charge in [-0.05, 0) is 43.6 Å². The number of benzene rings is 1. The van der Waals surface area contributed by atoms with Crippen molar-refractivity contribution in [1.82, 2.24) is 9.62 Å². The first-order valence-electron chi connectivity index (χ1n) is 7.39. The highest BCUT2D eigenvalue weighted by Gasteiger charge is 2.23. The number of sulfonamides is 1. The zero-order valence-electron chi connectivity index (χ0n) is 13.8. The van der Waals surface area contributed by atoms with Crippen LogP contribution in [0.1, 0.15) is 32.8 Å². The van der Waals surface area contributed by atoms with Crippen LogP contribution in [0.3, 0.4) is 0 Å². The van der Waals surface area contributed by atoms with Crippen molar-refractivity contribution in [2.24, 2.45) is 5.41 Å². The van der Waals surface area contributed by atoms with Crippen molar-refractivity contribution in [2.45, 2.75) is 38.5 Å². The molecule has 0 heterocycles. The van der Waals surface area contributed by atoms with Crippen LogP contribution in [0.4, 0.5) is 0 Å². The van der Waals surface area contributed by atoms with E-state index >= 15 is 0 Å². The van der Waals surface area contributed by atoms with Crippen LogP contribution < -0.4 is 4.72 Å². The predicted molar refractivity (Wildman–Crippen MR) is 88.0 cm³/mol. The summed E-state index contributed by atoms with van der Waals surface area (Å²) >= 11 is 0. The SMILES string of the molecule is CCCc1ccc(S(=O)(=O)NCC(C)(C)CN(C)C)cc1. The number of hydrogen-bond donors (Lipinski definition) is 1. The Balaban J connectivity index is 2.73. The molecule has 0 atom stereocenters. The summed E-state index contributed by atoms with van der Waals surface area (Å²) in [7, 11) is 0.548. The number of hydrogen-bond acceptors (Lipinski definition) is 3. The molecule has 0 aliphatic heterocycles. The van der Waals surface area contributed by atoms with Gasteiger partial charge in [-0.15, -0.1) is 0 Å². The number of nitrogens with one attached hydrogen (secondary N) is 1. The molecule has 0 bridgehead atoms. The van der Waals surface area contributed by atoms with Gasteiger partial charge in [-0.3, -0.25) is 0 Å². The molecule has 120 valence electrons. The van der Waals surface area contributed by atoms with Gasteiger partial charge >= 0.3 is 0 Å². The van der Waals surface area contributed by atoms with Crippen LogP contribution in [0, 0.1) is 5.41 Å². The predicted octanol–water partition coefficient (Wildman–Crippen LogP) is 2.51. The molecule has 0 aliphatic rings. The van der Waals surface area contributed by atoms with Crippen LogP contribution in [0.15, 0.2) is 29.2 Å². The van der Waals surface area contributed by atoms with E-state index < -0.39 is 10.0 Å². The second-order valence-electron chi connectivity index (χ2n) is 6.62. The second kappa shape index (κ2) is 7.38. The lowest BCUT2D eigenvalue weighted by Crippen LogP contribution is -2.39. The third kappa shape index (κ3) is 6.16. The van der Waals surface area contributed by atoms with Crippen molar-refractivity contribution in [2.75, 3.05) is 27.2 Å². The average Bonchev–Trinajstić information content (AvgIpc) is 2.36. The molecule has 0 spiro atoms. The van der Waals surface area contributed by atoms with Gasteiger partial charge in [-0.1, -0.05) is 39.3 Å². The van der Waals surface area contributed by atoms with Gasteiger partial charge in [-0.25, -0.2) is 13.1 Å². The molecule has 0 fully saturated rings. The van der Waals surface area contributed by atoms with Gasteiger partial charge in [0.15, 0.2) is 0 Å². The average molecular weight is 312 g/mol. The lowest BCUT2D eigenvalue weighted by Gasteiger charge is -2.28. The third-order valence-electron chi connectivity index (χ3n) is 3.26. The molecule has 1 rings (SSSR count). The Hall–Kier alpha value is -0.910. The minimum atomic E-state index is -3.43. The van der Waals surface area contributed by atoms with E-state index in [2.05, 4.69) is 30.4 Å². The summed E-state index contributed by atoms with van der Waals surface area (Å²) in [5.41, 5.74) is 1.06. The Labute approximate surface area is 129 Å². The standard InChI is InChI=1S/C16H28N2O2S/c1-6-7-14-8-10-15(11-9-14)21(19,20)17-12-16(2,3)13-18(4)5/h8-11,17H,6-7,12-13H2,1-5H3. The maximum atomic E-state index is 12.3. The molecule has 1 aromatic rings. The zero-order valence-corrected chi connectivity index (χ0v) is 14.6.